The Bertz CT molecular complexity index is 671. The highest BCUT2D eigenvalue weighted by atomic mass is 35.5. The average molecular weight is 268 g/mol. The van der Waals surface area contributed by atoms with Gasteiger partial charge < -0.3 is 11.1 Å². The summed E-state index contributed by atoms with van der Waals surface area (Å²) in [5.74, 6) is 0.514. The zero-order valence-corrected chi connectivity index (χ0v) is 9.89. The van der Waals surface area contributed by atoms with E-state index in [-0.39, 0.29) is 11.5 Å². The van der Waals surface area contributed by atoms with E-state index in [4.69, 9.17) is 17.3 Å². The number of anilines is 3. The first-order valence-corrected chi connectivity index (χ1v) is 5.84. The molecule has 0 amide bonds. The quantitative estimate of drug-likeness (QED) is 0.536. The van der Waals surface area contributed by atoms with Crippen molar-refractivity contribution in [2.75, 3.05) is 11.1 Å². The second-order valence-corrected chi connectivity index (χ2v) is 4.73. The molecule has 0 radical (unpaired) electrons. The van der Waals surface area contributed by atoms with Crippen molar-refractivity contribution in [3.63, 3.8) is 0 Å². The first kappa shape index (κ1) is 10.4. The van der Waals surface area contributed by atoms with Crippen molar-refractivity contribution in [1.29, 1.82) is 0 Å². The zero-order chi connectivity index (χ0) is 12.0. The third kappa shape index (κ3) is 1.73. The predicted molar refractivity (Wildman–Crippen MR) is 65.9 cm³/mol. The van der Waals surface area contributed by atoms with Gasteiger partial charge in [0, 0.05) is 0 Å². The summed E-state index contributed by atoms with van der Waals surface area (Å²) in [6.45, 7) is 0. The molecule has 3 heterocycles. The standard InChI is InChI=1S/C9H6ClN5OS/c10-4-2-1-3-8(13-4)17-5-6(12-3)14-9(11)15-7(5)16/h1-2H,(H4,11,12,14,15,16). The lowest BCUT2D eigenvalue weighted by Gasteiger charge is -2.18. The Kier molecular flexibility index (Phi) is 2.23. The smallest absolute Gasteiger partial charge is 0.268 e. The summed E-state index contributed by atoms with van der Waals surface area (Å²) in [7, 11) is 0. The molecule has 0 aliphatic carbocycles. The summed E-state index contributed by atoms with van der Waals surface area (Å²) in [6.07, 6.45) is 0. The molecule has 86 valence electrons. The van der Waals surface area contributed by atoms with Gasteiger partial charge in [-0.2, -0.15) is 4.98 Å². The van der Waals surface area contributed by atoms with E-state index in [1.165, 1.54) is 11.8 Å². The number of nitrogens with two attached hydrogens (primary N) is 1. The molecule has 3 rings (SSSR count). The molecule has 0 spiro atoms. The number of hydrogen-bond donors (Lipinski definition) is 3. The Balaban J connectivity index is 2.17. The highest BCUT2D eigenvalue weighted by molar-refractivity contribution is 7.99. The maximum Gasteiger partial charge on any atom is 0.268 e. The Morgan fingerprint density at radius 2 is 2.18 bits per heavy atom. The molecular formula is C9H6ClN5OS. The van der Waals surface area contributed by atoms with Gasteiger partial charge in [-0.05, 0) is 12.1 Å². The van der Waals surface area contributed by atoms with Gasteiger partial charge in [-0.15, -0.1) is 0 Å². The molecule has 0 aromatic carbocycles. The molecule has 0 saturated heterocycles. The van der Waals surface area contributed by atoms with Gasteiger partial charge in [-0.25, -0.2) is 4.98 Å². The fourth-order valence-electron chi connectivity index (χ4n) is 1.47. The third-order valence-corrected chi connectivity index (χ3v) is 3.47. The number of rotatable bonds is 0. The zero-order valence-electron chi connectivity index (χ0n) is 8.32. The fraction of sp³-hybridized carbons (Fsp3) is 0. The number of nitrogen functional groups attached to an aromatic ring is 1. The summed E-state index contributed by atoms with van der Waals surface area (Å²) in [5, 5.41) is 4.01. The van der Waals surface area contributed by atoms with Crippen LogP contribution >= 0.6 is 23.4 Å². The van der Waals surface area contributed by atoms with Crippen molar-refractivity contribution in [2.45, 2.75) is 9.92 Å². The van der Waals surface area contributed by atoms with Crippen LogP contribution in [0, 0.1) is 0 Å². The van der Waals surface area contributed by atoms with Crippen LogP contribution in [0.2, 0.25) is 5.15 Å². The van der Waals surface area contributed by atoms with Crippen LogP contribution in [0.5, 0.6) is 0 Å². The van der Waals surface area contributed by atoms with Crippen LogP contribution in [0.1, 0.15) is 0 Å². The largest absolute Gasteiger partial charge is 0.369 e. The minimum atomic E-state index is -0.294. The Morgan fingerprint density at radius 3 is 3.00 bits per heavy atom. The SMILES string of the molecule is Nc1nc2c(c(=O)[nH]1)Sc1nc(Cl)ccc1N2. The predicted octanol–water partition coefficient (Wildman–Crippen LogP) is 1.61. The van der Waals surface area contributed by atoms with E-state index in [0.29, 0.717) is 20.9 Å². The second-order valence-electron chi connectivity index (χ2n) is 3.34. The first-order valence-electron chi connectivity index (χ1n) is 4.65. The minimum absolute atomic E-state index is 0.0761. The van der Waals surface area contributed by atoms with E-state index >= 15 is 0 Å². The van der Waals surface area contributed by atoms with E-state index in [1.54, 1.807) is 12.1 Å². The number of aromatic nitrogens is 3. The topological polar surface area (TPSA) is 96.7 Å². The van der Waals surface area contributed by atoms with Crippen LogP contribution in [0.15, 0.2) is 26.8 Å². The number of halogens is 1. The average Bonchev–Trinajstić information content (AvgIpc) is 2.27. The number of hydrogen-bond acceptors (Lipinski definition) is 6. The molecule has 17 heavy (non-hydrogen) atoms. The fourth-order valence-corrected chi connectivity index (χ4v) is 2.58. The molecule has 6 nitrogen and oxygen atoms in total. The van der Waals surface area contributed by atoms with Crippen molar-refractivity contribution < 1.29 is 0 Å². The van der Waals surface area contributed by atoms with Gasteiger partial charge in [0.05, 0.1) is 5.69 Å². The molecule has 0 unspecified atom stereocenters. The van der Waals surface area contributed by atoms with Crippen LogP contribution in [-0.4, -0.2) is 15.0 Å². The van der Waals surface area contributed by atoms with E-state index in [1.807, 2.05) is 0 Å². The van der Waals surface area contributed by atoms with Crippen molar-refractivity contribution >= 4 is 40.8 Å². The highest BCUT2D eigenvalue weighted by Crippen LogP contribution is 2.40. The number of H-pyrrole nitrogens is 1. The van der Waals surface area contributed by atoms with Gasteiger partial charge in [-0.3, -0.25) is 9.78 Å². The molecule has 1 aliphatic rings. The van der Waals surface area contributed by atoms with Gasteiger partial charge in [0.2, 0.25) is 5.95 Å². The van der Waals surface area contributed by atoms with E-state index in [0.717, 1.165) is 5.69 Å². The van der Waals surface area contributed by atoms with Gasteiger partial charge in [0.1, 0.15) is 15.1 Å². The first-order chi connectivity index (χ1) is 8.13. The number of pyridine rings is 1. The molecular weight excluding hydrogens is 262 g/mol. The maximum atomic E-state index is 11.7. The maximum absolute atomic E-state index is 11.7. The van der Waals surface area contributed by atoms with Gasteiger partial charge >= 0.3 is 0 Å². The lowest BCUT2D eigenvalue weighted by molar-refractivity contribution is 1.03. The minimum Gasteiger partial charge on any atom is -0.369 e. The van der Waals surface area contributed by atoms with Crippen LogP contribution in [0.4, 0.5) is 17.5 Å². The molecule has 2 aromatic rings. The van der Waals surface area contributed by atoms with Crippen LogP contribution in [0.3, 0.4) is 0 Å². The lowest BCUT2D eigenvalue weighted by atomic mass is 10.4. The van der Waals surface area contributed by atoms with Gasteiger partial charge in [0.15, 0.2) is 5.82 Å². The normalized spacial score (nSPS) is 12.5. The van der Waals surface area contributed by atoms with Gasteiger partial charge in [0.25, 0.3) is 5.56 Å². The summed E-state index contributed by atoms with van der Waals surface area (Å²) in [5.41, 5.74) is 5.93. The molecule has 8 heteroatoms. The highest BCUT2D eigenvalue weighted by Gasteiger charge is 2.21. The Morgan fingerprint density at radius 1 is 1.35 bits per heavy atom. The van der Waals surface area contributed by atoms with Crippen molar-refractivity contribution in [2.24, 2.45) is 0 Å². The molecule has 0 fully saturated rings. The number of aromatic amines is 1. The molecule has 0 saturated carbocycles. The van der Waals surface area contributed by atoms with Crippen LogP contribution in [-0.2, 0) is 0 Å². The number of fused-ring (bicyclic) bond motifs is 2. The summed E-state index contributed by atoms with van der Waals surface area (Å²) < 4.78 is 0. The van der Waals surface area contributed by atoms with E-state index in [2.05, 4.69) is 20.3 Å². The molecule has 0 atom stereocenters. The number of nitrogens with zero attached hydrogens (tertiary/aromatic N) is 2. The monoisotopic (exact) mass is 267 g/mol. The van der Waals surface area contributed by atoms with Crippen molar-refractivity contribution in [1.82, 2.24) is 15.0 Å². The van der Waals surface area contributed by atoms with E-state index in [9.17, 15) is 4.79 Å². The van der Waals surface area contributed by atoms with Crippen LogP contribution in [0.25, 0.3) is 0 Å². The molecule has 0 bridgehead atoms. The molecule has 1 aliphatic heterocycles. The molecule has 4 N–H and O–H groups in total. The van der Waals surface area contributed by atoms with Gasteiger partial charge in [-0.1, -0.05) is 23.4 Å². The Labute approximate surface area is 105 Å². The van der Waals surface area contributed by atoms with Crippen molar-refractivity contribution in [3.05, 3.63) is 27.6 Å². The van der Waals surface area contributed by atoms with Crippen molar-refractivity contribution in [3.8, 4) is 0 Å². The molecule has 2 aromatic heterocycles. The second kappa shape index (κ2) is 3.64. The number of nitrogens with one attached hydrogen (secondary N) is 2. The summed E-state index contributed by atoms with van der Waals surface area (Å²) >= 11 is 7.01. The Hall–Kier alpha value is -1.73. The summed E-state index contributed by atoms with van der Waals surface area (Å²) in [4.78, 5) is 22.7. The van der Waals surface area contributed by atoms with E-state index < -0.39 is 0 Å². The summed E-state index contributed by atoms with van der Waals surface area (Å²) in [6, 6.07) is 3.44. The van der Waals surface area contributed by atoms with Crippen LogP contribution < -0.4 is 16.6 Å². The lowest BCUT2D eigenvalue weighted by Crippen LogP contribution is -2.18. The third-order valence-electron chi connectivity index (χ3n) is 2.17.